The molecule has 1 saturated carbocycles. The van der Waals surface area contributed by atoms with E-state index in [1.54, 1.807) is 0 Å². The zero-order chi connectivity index (χ0) is 22.5. The number of esters is 2. The fourth-order valence-corrected chi connectivity index (χ4v) is 5.87. The topological polar surface area (TPSA) is 72.8 Å². The van der Waals surface area contributed by atoms with E-state index in [2.05, 4.69) is 33.8 Å². The third kappa shape index (κ3) is 5.96. The molecular formula is C25H40O5. The highest BCUT2D eigenvalue weighted by Crippen LogP contribution is 2.60. The summed E-state index contributed by atoms with van der Waals surface area (Å²) in [5.74, 6) is 0.264. The molecule has 5 heteroatoms. The van der Waals surface area contributed by atoms with Crippen LogP contribution in [0.3, 0.4) is 0 Å². The lowest BCUT2D eigenvalue weighted by Gasteiger charge is -2.57. The van der Waals surface area contributed by atoms with Crippen molar-refractivity contribution in [1.82, 2.24) is 0 Å². The molecule has 0 aromatic carbocycles. The largest absolute Gasteiger partial charge is 0.462 e. The number of allylic oxidation sites excluding steroid dienone is 3. The van der Waals surface area contributed by atoms with Gasteiger partial charge in [0, 0.05) is 13.0 Å². The molecule has 0 aromatic heterocycles. The molecule has 170 valence electrons. The second kappa shape index (κ2) is 10.1. The molecule has 30 heavy (non-hydrogen) atoms. The van der Waals surface area contributed by atoms with Gasteiger partial charge in [0.15, 0.2) is 6.10 Å². The van der Waals surface area contributed by atoms with Gasteiger partial charge in [0.1, 0.15) is 6.61 Å². The molecule has 0 heterocycles. The van der Waals surface area contributed by atoms with Crippen molar-refractivity contribution in [3.05, 3.63) is 23.3 Å². The fraction of sp³-hybridized carbons (Fsp3) is 0.760. The van der Waals surface area contributed by atoms with Crippen molar-refractivity contribution in [2.75, 3.05) is 13.2 Å². The average molecular weight is 421 g/mol. The molecular weight excluding hydrogens is 380 g/mol. The first-order valence-corrected chi connectivity index (χ1v) is 11.3. The van der Waals surface area contributed by atoms with Crippen LogP contribution in [0.5, 0.6) is 0 Å². The Morgan fingerprint density at radius 1 is 1.27 bits per heavy atom. The number of ether oxygens (including phenoxy) is 2. The number of fused-ring (bicyclic) bond motifs is 1. The Bertz CT molecular complexity index is 690. The Morgan fingerprint density at radius 3 is 2.60 bits per heavy atom. The third-order valence-corrected chi connectivity index (χ3v) is 7.45. The van der Waals surface area contributed by atoms with Crippen LogP contribution in [0.2, 0.25) is 0 Å². The minimum Gasteiger partial charge on any atom is -0.462 e. The summed E-state index contributed by atoms with van der Waals surface area (Å²) in [6.45, 7) is 12.3. The first-order chi connectivity index (χ1) is 14.0. The Hall–Kier alpha value is -1.62. The van der Waals surface area contributed by atoms with Gasteiger partial charge in [0.25, 0.3) is 0 Å². The lowest BCUT2D eigenvalue weighted by molar-refractivity contribution is -0.156. The lowest BCUT2D eigenvalue weighted by Crippen LogP contribution is -2.48. The van der Waals surface area contributed by atoms with E-state index >= 15 is 0 Å². The SMILES string of the molecule is CC(=O)OCC(CO)OC(=O)/C=C(\C)CC[C@H]1C(C)=CC[C@H]2C(C)(C)CCC[C@]12C. The molecule has 0 amide bonds. The quantitative estimate of drug-likeness (QED) is 0.341. The Balaban J connectivity index is 1.99. The number of aliphatic hydroxyl groups excluding tert-OH is 1. The number of carbonyl (C=O) groups excluding carboxylic acids is 2. The van der Waals surface area contributed by atoms with Crippen LogP contribution in [0.1, 0.15) is 80.1 Å². The highest BCUT2D eigenvalue weighted by Gasteiger charge is 2.51. The molecule has 2 aliphatic carbocycles. The predicted octanol–water partition coefficient (Wildman–Crippen LogP) is 4.98. The zero-order valence-corrected chi connectivity index (χ0v) is 19.6. The van der Waals surface area contributed by atoms with Gasteiger partial charge in [-0.1, -0.05) is 44.4 Å². The first kappa shape index (κ1) is 24.6. The molecule has 0 radical (unpaired) electrons. The monoisotopic (exact) mass is 420 g/mol. The second-order valence-corrected chi connectivity index (χ2v) is 10.2. The number of rotatable bonds is 8. The van der Waals surface area contributed by atoms with Crippen LogP contribution in [-0.4, -0.2) is 36.4 Å². The molecule has 0 aromatic rings. The van der Waals surface area contributed by atoms with Crippen molar-refractivity contribution in [2.24, 2.45) is 22.7 Å². The molecule has 0 saturated heterocycles. The van der Waals surface area contributed by atoms with E-state index in [9.17, 15) is 14.7 Å². The van der Waals surface area contributed by atoms with Crippen molar-refractivity contribution in [3.8, 4) is 0 Å². The third-order valence-electron chi connectivity index (χ3n) is 7.45. The van der Waals surface area contributed by atoms with Gasteiger partial charge < -0.3 is 14.6 Å². The van der Waals surface area contributed by atoms with Crippen LogP contribution in [0.25, 0.3) is 0 Å². The number of aliphatic hydroxyl groups is 1. The van der Waals surface area contributed by atoms with Crippen LogP contribution in [-0.2, 0) is 19.1 Å². The average Bonchev–Trinajstić information content (AvgIpc) is 2.63. The van der Waals surface area contributed by atoms with Crippen LogP contribution < -0.4 is 0 Å². The van der Waals surface area contributed by atoms with Gasteiger partial charge in [-0.15, -0.1) is 0 Å². The van der Waals surface area contributed by atoms with Crippen LogP contribution in [0.4, 0.5) is 0 Å². The first-order valence-electron chi connectivity index (χ1n) is 11.3. The molecule has 4 atom stereocenters. The Morgan fingerprint density at radius 2 is 1.97 bits per heavy atom. The van der Waals surface area contributed by atoms with Gasteiger partial charge in [-0.05, 0) is 68.6 Å². The maximum absolute atomic E-state index is 12.2. The highest BCUT2D eigenvalue weighted by molar-refractivity contribution is 5.82. The van der Waals surface area contributed by atoms with E-state index in [-0.39, 0.29) is 13.2 Å². The van der Waals surface area contributed by atoms with Crippen molar-refractivity contribution in [2.45, 2.75) is 86.2 Å². The summed E-state index contributed by atoms with van der Waals surface area (Å²) >= 11 is 0. The highest BCUT2D eigenvalue weighted by atomic mass is 16.6. The molecule has 0 spiro atoms. The molecule has 1 fully saturated rings. The molecule has 5 nitrogen and oxygen atoms in total. The molecule has 1 N–H and O–H groups in total. The normalized spacial score (nSPS) is 29.4. The van der Waals surface area contributed by atoms with Crippen molar-refractivity contribution in [1.29, 1.82) is 0 Å². The van der Waals surface area contributed by atoms with Crippen molar-refractivity contribution >= 4 is 11.9 Å². The smallest absolute Gasteiger partial charge is 0.331 e. The molecule has 2 aliphatic rings. The minimum absolute atomic E-state index is 0.133. The fourth-order valence-electron chi connectivity index (χ4n) is 5.87. The summed E-state index contributed by atoms with van der Waals surface area (Å²) in [6.07, 6.45) is 10.0. The minimum atomic E-state index is -0.835. The second-order valence-electron chi connectivity index (χ2n) is 10.2. The molecule has 0 bridgehead atoms. The predicted molar refractivity (Wildman–Crippen MR) is 118 cm³/mol. The van der Waals surface area contributed by atoms with Crippen molar-refractivity contribution in [3.63, 3.8) is 0 Å². The van der Waals surface area contributed by atoms with Gasteiger partial charge in [0.05, 0.1) is 6.61 Å². The van der Waals surface area contributed by atoms with E-state index in [0.717, 1.165) is 18.4 Å². The van der Waals surface area contributed by atoms with Crippen LogP contribution >= 0.6 is 0 Å². The zero-order valence-electron chi connectivity index (χ0n) is 19.6. The number of hydrogen-bond acceptors (Lipinski definition) is 5. The summed E-state index contributed by atoms with van der Waals surface area (Å²) in [5.41, 5.74) is 3.15. The van der Waals surface area contributed by atoms with E-state index in [0.29, 0.717) is 22.7 Å². The standard InChI is InChI=1S/C25H40O5/c1-17(14-23(28)30-20(15-26)16-29-19(3)27)8-10-21-18(2)9-11-22-24(4,5)12-7-13-25(21,22)6/h9,14,20-22,26H,7-8,10-13,15-16H2,1-6H3/b17-14+/t20?,21-,22-,25+/m0/s1. The van der Waals surface area contributed by atoms with Gasteiger partial charge >= 0.3 is 11.9 Å². The van der Waals surface area contributed by atoms with E-state index in [1.807, 2.05) is 6.92 Å². The summed E-state index contributed by atoms with van der Waals surface area (Å²) in [5, 5.41) is 9.31. The van der Waals surface area contributed by atoms with Crippen LogP contribution in [0, 0.1) is 22.7 Å². The summed E-state index contributed by atoms with van der Waals surface area (Å²) < 4.78 is 10.0. The van der Waals surface area contributed by atoms with Gasteiger partial charge in [-0.2, -0.15) is 0 Å². The van der Waals surface area contributed by atoms with Gasteiger partial charge in [-0.3, -0.25) is 4.79 Å². The Kier molecular flexibility index (Phi) is 8.32. The van der Waals surface area contributed by atoms with Crippen LogP contribution in [0.15, 0.2) is 23.3 Å². The number of hydrogen-bond donors (Lipinski definition) is 1. The van der Waals surface area contributed by atoms with Crippen molar-refractivity contribution < 1.29 is 24.2 Å². The summed E-state index contributed by atoms with van der Waals surface area (Å²) in [6, 6.07) is 0. The van der Waals surface area contributed by atoms with Gasteiger partial charge in [-0.25, -0.2) is 4.79 Å². The van der Waals surface area contributed by atoms with E-state index < -0.39 is 18.0 Å². The molecule has 1 unspecified atom stereocenters. The summed E-state index contributed by atoms with van der Waals surface area (Å²) in [4.78, 5) is 23.1. The molecule has 2 rings (SSSR count). The van der Waals surface area contributed by atoms with Gasteiger partial charge in [0.2, 0.25) is 0 Å². The summed E-state index contributed by atoms with van der Waals surface area (Å²) in [7, 11) is 0. The number of carbonyl (C=O) groups is 2. The van der Waals surface area contributed by atoms with E-state index in [1.165, 1.54) is 44.3 Å². The van der Waals surface area contributed by atoms with E-state index in [4.69, 9.17) is 9.47 Å². The molecule has 0 aliphatic heterocycles. The Labute approximate surface area is 181 Å². The maximum atomic E-state index is 12.2. The lowest BCUT2D eigenvalue weighted by atomic mass is 9.48. The maximum Gasteiger partial charge on any atom is 0.331 e.